The van der Waals surface area contributed by atoms with Crippen LogP contribution in [0.2, 0.25) is 0 Å². The molecule has 1 fully saturated rings. The summed E-state index contributed by atoms with van der Waals surface area (Å²) in [5.41, 5.74) is 0. The van der Waals surface area contributed by atoms with Gasteiger partial charge in [-0.1, -0.05) is 6.92 Å². The van der Waals surface area contributed by atoms with Crippen LogP contribution in [0.4, 0.5) is 0 Å². The zero-order chi connectivity index (χ0) is 11.4. The fourth-order valence-corrected chi connectivity index (χ4v) is 2.43. The average Bonchev–Trinajstić information content (AvgIpc) is 1.98. The molecule has 1 rings (SSSR count). The summed E-state index contributed by atoms with van der Waals surface area (Å²) in [5.74, 6) is 1.13. The number of hydrogen-bond acceptors (Lipinski definition) is 3. The van der Waals surface area contributed by atoms with Gasteiger partial charge in [0.2, 0.25) is 5.91 Å². The molecule has 15 heavy (non-hydrogen) atoms. The molecule has 3 atom stereocenters. The van der Waals surface area contributed by atoms with Crippen LogP contribution in [-0.4, -0.2) is 41.3 Å². The Morgan fingerprint density at radius 2 is 2.13 bits per heavy atom. The van der Waals surface area contributed by atoms with Crippen molar-refractivity contribution in [2.24, 2.45) is 11.8 Å². The summed E-state index contributed by atoms with van der Waals surface area (Å²) in [6.07, 6.45) is 1.65. The Bertz CT molecular complexity index is 254. The van der Waals surface area contributed by atoms with Crippen LogP contribution in [0.3, 0.4) is 0 Å². The van der Waals surface area contributed by atoms with Gasteiger partial charge in [0.25, 0.3) is 0 Å². The second-order valence-corrected chi connectivity index (χ2v) is 5.84. The molecule has 3 unspecified atom stereocenters. The Kier molecular flexibility index (Phi) is 4.73. The Morgan fingerprint density at radius 3 is 2.53 bits per heavy atom. The maximum atomic E-state index is 11.7. The summed E-state index contributed by atoms with van der Waals surface area (Å²) in [4.78, 5) is 11.7. The van der Waals surface area contributed by atoms with Gasteiger partial charge in [-0.25, -0.2) is 0 Å². The molecule has 1 heterocycles. The zero-order valence-corrected chi connectivity index (χ0v) is 10.4. The Hall–Kier alpha value is -0.420. The number of nitrogens with one attached hydrogen (secondary N) is 2. The Labute approximate surface area is 93.7 Å². The van der Waals surface area contributed by atoms with Crippen LogP contribution >= 0.6 is 0 Å². The number of carbonyl (C=O) groups excluding carboxylic acids is 1. The number of carbonyl (C=O) groups is 1. The van der Waals surface area contributed by atoms with Crippen molar-refractivity contribution < 1.29 is 9.00 Å². The lowest BCUT2D eigenvalue weighted by molar-refractivity contribution is -0.127. The van der Waals surface area contributed by atoms with Crippen molar-refractivity contribution in [3.8, 4) is 0 Å². The van der Waals surface area contributed by atoms with Crippen LogP contribution in [0.25, 0.3) is 0 Å². The van der Waals surface area contributed by atoms with E-state index in [9.17, 15) is 9.00 Å². The monoisotopic (exact) mass is 232 g/mol. The predicted molar refractivity (Wildman–Crippen MR) is 62.1 cm³/mol. The predicted octanol–water partition coefficient (Wildman–Crippen LogP) is -0.275. The van der Waals surface area contributed by atoms with Crippen LogP contribution in [0, 0.1) is 11.8 Å². The fraction of sp³-hybridized carbons (Fsp3) is 0.900. The minimum absolute atomic E-state index is 0.00109. The van der Waals surface area contributed by atoms with Crippen LogP contribution < -0.4 is 10.6 Å². The van der Waals surface area contributed by atoms with Crippen LogP contribution in [0.15, 0.2) is 0 Å². The quantitative estimate of drug-likeness (QED) is 0.686. The molecular formula is C10H20N2O2S. The second-order valence-electron chi connectivity index (χ2n) is 4.36. The third kappa shape index (κ3) is 3.91. The molecule has 1 amide bonds. The first-order valence-electron chi connectivity index (χ1n) is 5.31. The van der Waals surface area contributed by atoms with Crippen LogP contribution in [0.5, 0.6) is 0 Å². The topological polar surface area (TPSA) is 58.2 Å². The molecule has 0 aromatic rings. The SMILES string of the molecule is CC(CS(C)=O)NC(=O)C(C)C1CNC1. The van der Waals surface area contributed by atoms with Gasteiger partial charge in [0.1, 0.15) is 0 Å². The van der Waals surface area contributed by atoms with Gasteiger partial charge in [-0.05, 0) is 25.9 Å². The first-order valence-corrected chi connectivity index (χ1v) is 7.04. The molecule has 5 heteroatoms. The van der Waals surface area contributed by atoms with E-state index in [-0.39, 0.29) is 17.9 Å². The highest BCUT2D eigenvalue weighted by Gasteiger charge is 2.29. The maximum absolute atomic E-state index is 11.7. The Balaban J connectivity index is 2.30. The van der Waals surface area contributed by atoms with Crippen molar-refractivity contribution in [2.75, 3.05) is 25.1 Å². The summed E-state index contributed by atoms with van der Waals surface area (Å²) in [7, 11) is -0.851. The number of amides is 1. The van der Waals surface area contributed by atoms with E-state index in [1.807, 2.05) is 13.8 Å². The van der Waals surface area contributed by atoms with Crippen LogP contribution in [0.1, 0.15) is 13.8 Å². The van der Waals surface area contributed by atoms with E-state index in [1.165, 1.54) is 0 Å². The van der Waals surface area contributed by atoms with Crippen molar-refractivity contribution in [1.29, 1.82) is 0 Å². The van der Waals surface area contributed by atoms with Gasteiger partial charge < -0.3 is 10.6 Å². The minimum Gasteiger partial charge on any atom is -0.352 e. The van der Waals surface area contributed by atoms with Gasteiger partial charge in [0.05, 0.1) is 0 Å². The van der Waals surface area contributed by atoms with Crippen molar-refractivity contribution >= 4 is 16.7 Å². The molecule has 1 saturated heterocycles. The number of rotatable bonds is 5. The molecule has 0 spiro atoms. The highest BCUT2D eigenvalue weighted by molar-refractivity contribution is 7.84. The molecule has 0 radical (unpaired) electrons. The van der Waals surface area contributed by atoms with Crippen LogP contribution in [-0.2, 0) is 15.6 Å². The van der Waals surface area contributed by atoms with Crippen molar-refractivity contribution in [3.63, 3.8) is 0 Å². The zero-order valence-electron chi connectivity index (χ0n) is 9.58. The van der Waals surface area contributed by atoms with Gasteiger partial charge in [0, 0.05) is 34.8 Å². The lowest BCUT2D eigenvalue weighted by Crippen LogP contribution is -2.51. The highest BCUT2D eigenvalue weighted by atomic mass is 32.2. The summed E-state index contributed by atoms with van der Waals surface area (Å²) < 4.78 is 11.0. The third-order valence-electron chi connectivity index (χ3n) is 2.81. The molecule has 2 N–H and O–H groups in total. The first kappa shape index (κ1) is 12.6. The summed E-state index contributed by atoms with van der Waals surface area (Å²) in [6.45, 7) is 5.72. The first-order chi connectivity index (χ1) is 7.00. The van der Waals surface area contributed by atoms with E-state index >= 15 is 0 Å². The van der Waals surface area contributed by atoms with Gasteiger partial charge in [-0.15, -0.1) is 0 Å². The molecule has 0 aromatic carbocycles. The summed E-state index contributed by atoms with van der Waals surface area (Å²) in [6, 6.07) is -0.00109. The third-order valence-corrected chi connectivity index (χ3v) is 3.78. The van der Waals surface area contributed by atoms with Gasteiger partial charge in [0.15, 0.2) is 0 Å². The summed E-state index contributed by atoms with van der Waals surface area (Å²) in [5, 5.41) is 6.05. The van der Waals surface area contributed by atoms with Gasteiger partial charge >= 0.3 is 0 Å². The molecule has 0 aliphatic carbocycles. The normalized spacial score (nSPS) is 22.6. The van der Waals surface area contributed by atoms with E-state index in [1.54, 1.807) is 6.26 Å². The van der Waals surface area contributed by atoms with Crippen molar-refractivity contribution in [2.45, 2.75) is 19.9 Å². The fourth-order valence-electron chi connectivity index (χ4n) is 1.65. The number of hydrogen-bond donors (Lipinski definition) is 2. The molecule has 0 saturated carbocycles. The maximum Gasteiger partial charge on any atom is 0.223 e. The van der Waals surface area contributed by atoms with Crippen molar-refractivity contribution in [3.05, 3.63) is 0 Å². The highest BCUT2D eigenvalue weighted by Crippen LogP contribution is 2.15. The molecule has 0 aromatic heterocycles. The van der Waals surface area contributed by atoms with E-state index < -0.39 is 10.8 Å². The molecule has 0 bridgehead atoms. The molecule has 1 aliphatic heterocycles. The molecule has 1 aliphatic rings. The largest absolute Gasteiger partial charge is 0.352 e. The van der Waals surface area contributed by atoms with Gasteiger partial charge in [-0.3, -0.25) is 9.00 Å². The average molecular weight is 232 g/mol. The van der Waals surface area contributed by atoms with E-state index in [0.717, 1.165) is 13.1 Å². The summed E-state index contributed by atoms with van der Waals surface area (Å²) >= 11 is 0. The van der Waals surface area contributed by atoms with E-state index in [2.05, 4.69) is 10.6 Å². The van der Waals surface area contributed by atoms with E-state index in [4.69, 9.17) is 0 Å². The standard InChI is InChI=1S/C10H20N2O2S/c1-7(6-15(3)14)12-10(13)8(2)9-4-11-5-9/h7-9,11H,4-6H2,1-3H3,(H,12,13). The molecular weight excluding hydrogens is 212 g/mol. The lowest BCUT2D eigenvalue weighted by Gasteiger charge is -2.32. The molecule has 88 valence electrons. The van der Waals surface area contributed by atoms with Gasteiger partial charge in [-0.2, -0.15) is 0 Å². The van der Waals surface area contributed by atoms with E-state index in [0.29, 0.717) is 11.7 Å². The second kappa shape index (κ2) is 5.61. The smallest absolute Gasteiger partial charge is 0.223 e. The van der Waals surface area contributed by atoms with Crippen molar-refractivity contribution in [1.82, 2.24) is 10.6 Å². The lowest BCUT2D eigenvalue weighted by atomic mass is 9.88. The molecule has 4 nitrogen and oxygen atoms in total. The Morgan fingerprint density at radius 1 is 1.53 bits per heavy atom. The minimum atomic E-state index is -0.851.